The second-order valence-corrected chi connectivity index (χ2v) is 9.14. The number of rotatable bonds is 7. The van der Waals surface area contributed by atoms with Crippen LogP contribution in [0, 0.1) is 0 Å². The molecule has 1 unspecified atom stereocenters. The van der Waals surface area contributed by atoms with Gasteiger partial charge >= 0.3 is 0 Å². The van der Waals surface area contributed by atoms with Crippen LogP contribution < -0.4 is 14.8 Å². The fourth-order valence-electron chi connectivity index (χ4n) is 3.95. The van der Waals surface area contributed by atoms with E-state index in [0.717, 1.165) is 31.5 Å². The largest absolute Gasteiger partial charge is 0.497 e. The standard InChI is InChI=1S/C21H23N3O5S/c1-29-15-6-4-5-14(11-15)19(24-9-2-3-10-24)13-22-30(27,28)16-7-8-17-18(12-16)21(26)23-20(17)25/h4-8,11-12,19,22H,2-3,9-10,13H2,1H3,(H,23,25,26). The Labute approximate surface area is 175 Å². The lowest BCUT2D eigenvalue weighted by atomic mass is 10.1. The number of fused-ring (bicyclic) bond motifs is 1. The predicted octanol–water partition coefficient (Wildman–Crippen LogP) is 1.69. The number of nitrogens with one attached hydrogen (secondary N) is 2. The van der Waals surface area contributed by atoms with Crippen molar-refractivity contribution >= 4 is 21.8 Å². The first kappa shape index (κ1) is 20.5. The van der Waals surface area contributed by atoms with Crippen molar-refractivity contribution in [3.63, 3.8) is 0 Å². The minimum Gasteiger partial charge on any atom is -0.497 e. The van der Waals surface area contributed by atoms with Gasteiger partial charge in [-0.25, -0.2) is 13.1 Å². The molecule has 1 saturated heterocycles. The third-order valence-corrected chi connectivity index (χ3v) is 6.97. The first-order valence-corrected chi connectivity index (χ1v) is 11.2. The van der Waals surface area contributed by atoms with Crippen LogP contribution in [0.1, 0.15) is 45.2 Å². The summed E-state index contributed by atoms with van der Waals surface area (Å²) in [5.74, 6) is -0.383. The van der Waals surface area contributed by atoms with Crippen LogP contribution in [0.3, 0.4) is 0 Å². The summed E-state index contributed by atoms with van der Waals surface area (Å²) in [7, 11) is -2.27. The summed E-state index contributed by atoms with van der Waals surface area (Å²) >= 11 is 0. The monoisotopic (exact) mass is 429 g/mol. The van der Waals surface area contributed by atoms with Crippen LogP contribution in [0.4, 0.5) is 0 Å². The molecule has 1 atom stereocenters. The number of ether oxygens (including phenoxy) is 1. The molecule has 2 amide bonds. The molecule has 0 aromatic heterocycles. The van der Waals surface area contributed by atoms with Crippen molar-refractivity contribution < 1.29 is 22.7 Å². The van der Waals surface area contributed by atoms with Crippen molar-refractivity contribution in [1.29, 1.82) is 0 Å². The summed E-state index contributed by atoms with van der Waals surface area (Å²) in [5.41, 5.74) is 1.23. The summed E-state index contributed by atoms with van der Waals surface area (Å²) in [4.78, 5) is 25.8. The Morgan fingerprint density at radius 1 is 1.07 bits per heavy atom. The van der Waals surface area contributed by atoms with Gasteiger partial charge < -0.3 is 4.74 Å². The summed E-state index contributed by atoms with van der Waals surface area (Å²) in [6.07, 6.45) is 2.14. The molecule has 2 aromatic rings. The van der Waals surface area contributed by atoms with Crippen LogP contribution >= 0.6 is 0 Å². The van der Waals surface area contributed by atoms with Gasteiger partial charge in [0.2, 0.25) is 10.0 Å². The molecule has 8 nitrogen and oxygen atoms in total. The highest BCUT2D eigenvalue weighted by Crippen LogP contribution is 2.28. The number of carbonyl (C=O) groups excluding carboxylic acids is 2. The minimum absolute atomic E-state index is 0.0445. The van der Waals surface area contributed by atoms with Gasteiger partial charge in [0.05, 0.1) is 23.1 Å². The Kier molecular flexibility index (Phi) is 5.59. The van der Waals surface area contributed by atoms with Crippen molar-refractivity contribution in [2.45, 2.75) is 23.8 Å². The molecule has 0 radical (unpaired) electrons. The van der Waals surface area contributed by atoms with E-state index in [-0.39, 0.29) is 28.6 Å². The Morgan fingerprint density at radius 2 is 1.80 bits per heavy atom. The van der Waals surface area contributed by atoms with E-state index in [1.807, 2.05) is 24.3 Å². The minimum atomic E-state index is -3.87. The number of imide groups is 1. The highest BCUT2D eigenvalue weighted by molar-refractivity contribution is 7.89. The fraction of sp³-hybridized carbons (Fsp3) is 0.333. The first-order valence-electron chi connectivity index (χ1n) is 9.76. The molecule has 2 aromatic carbocycles. The molecule has 4 rings (SSSR count). The molecular weight excluding hydrogens is 406 g/mol. The Hall–Kier alpha value is -2.75. The molecule has 0 aliphatic carbocycles. The molecular formula is C21H23N3O5S. The summed E-state index contributed by atoms with van der Waals surface area (Å²) in [6.45, 7) is 1.97. The maximum atomic E-state index is 12.9. The van der Waals surface area contributed by atoms with Crippen LogP contribution in [-0.2, 0) is 10.0 Å². The summed E-state index contributed by atoms with van der Waals surface area (Å²) in [6, 6.07) is 11.4. The van der Waals surface area contributed by atoms with E-state index in [9.17, 15) is 18.0 Å². The lowest BCUT2D eigenvalue weighted by Gasteiger charge is -2.28. The molecule has 2 N–H and O–H groups in total. The zero-order chi connectivity index (χ0) is 21.3. The van der Waals surface area contributed by atoms with Gasteiger partial charge in [-0.05, 0) is 61.8 Å². The zero-order valence-corrected chi connectivity index (χ0v) is 17.4. The average molecular weight is 429 g/mol. The van der Waals surface area contributed by atoms with Gasteiger partial charge in [0.15, 0.2) is 0 Å². The number of carbonyl (C=O) groups is 2. The Morgan fingerprint density at radius 3 is 2.53 bits per heavy atom. The number of benzene rings is 2. The van der Waals surface area contributed by atoms with Crippen LogP contribution in [0.5, 0.6) is 5.75 Å². The quantitative estimate of drug-likeness (QED) is 0.649. The van der Waals surface area contributed by atoms with Crippen LogP contribution in [0.2, 0.25) is 0 Å². The van der Waals surface area contributed by atoms with Gasteiger partial charge in [-0.1, -0.05) is 12.1 Å². The maximum Gasteiger partial charge on any atom is 0.258 e. The molecule has 158 valence electrons. The van der Waals surface area contributed by atoms with Gasteiger partial charge in [0.1, 0.15) is 5.75 Å². The molecule has 0 spiro atoms. The third-order valence-electron chi connectivity index (χ3n) is 5.54. The highest BCUT2D eigenvalue weighted by atomic mass is 32.2. The van der Waals surface area contributed by atoms with E-state index in [2.05, 4.69) is 14.9 Å². The van der Waals surface area contributed by atoms with Gasteiger partial charge in [0, 0.05) is 12.6 Å². The topological polar surface area (TPSA) is 105 Å². The molecule has 2 heterocycles. The van der Waals surface area contributed by atoms with Gasteiger partial charge in [-0.2, -0.15) is 0 Å². The van der Waals surface area contributed by atoms with E-state index in [1.165, 1.54) is 18.2 Å². The molecule has 2 aliphatic rings. The Bertz CT molecular complexity index is 1090. The van der Waals surface area contributed by atoms with E-state index < -0.39 is 21.8 Å². The van der Waals surface area contributed by atoms with Crippen molar-refractivity contribution in [3.8, 4) is 5.75 Å². The van der Waals surface area contributed by atoms with Crippen LogP contribution in [-0.4, -0.2) is 51.9 Å². The van der Waals surface area contributed by atoms with E-state index >= 15 is 0 Å². The highest BCUT2D eigenvalue weighted by Gasteiger charge is 2.30. The second kappa shape index (κ2) is 8.17. The lowest BCUT2D eigenvalue weighted by Crippen LogP contribution is -2.36. The number of sulfonamides is 1. The number of hydrogen-bond acceptors (Lipinski definition) is 6. The van der Waals surface area contributed by atoms with E-state index in [0.29, 0.717) is 5.75 Å². The van der Waals surface area contributed by atoms with E-state index in [4.69, 9.17) is 4.74 Å². The fourth-order valence-corrected chi connectivity index (χ4v) is 5.01. The van der Waals surface area contributed by atoms with Gasteiger partial charge in [-0.3, -0.25) is 19.8 Å². The smallest absolute Gasteiger partial charge is 0.258 e. The van der Waals surface area contributed by atoms with Gasteiger partial charge in [0.25, 0.3) is 11.8 Å². The van der Waals surface area contributed by atoms with Gasteiger partial charge in [-0.15, -0.1) is 0 Å². The average Bonchev–Trinajstić information content (AvgIpc) is 3.37. The van der Waals surface area contributed by atoms with Crippen molar-refractivity contribution in [3.05, 3.63) is 59.2 Å². The van der Waals surface area contributed by atoms with Crippen LogP contribution in [0.15, 0.2) is 47.4 Å². The van der Waals surface area contributed by atoms with E-state index in [1.54, 1.807) is 7.11 Å². The maximum absolute atomic E-state index is 12.9. The lowest BCUT2D eigenvalue weighted by molar-refractivity contribution is 0.0879. The molecule has 1 fully saturated rings. The molecule has 0 saturated carbocycles. The molecule has 0 bridgehead atoms. The third kappa shape index (κ3) is 3.96. The molecule has 2 aliphatic heterocycles. The molecule has 30 heavy (non-hydrogen) atoms. The normalized spacial score (nSPS) is 17.6. The van der Waals surface area contributed by atoms with Crippen molar-refractivity contribution in [1.82, 2.24) is 14.9 Å². The zero-order valence-electron chi connectivity index (χ0n) is 16.6. The molecule has 9 heteroatoms. The summed E-state index contributed by atoms with van der Waals surface area (Å²) < 4.78 is 33.8. The van der Waals surface area contributed by atoms with Crippen molar-refractivity contribution in [2.75, 3.05) is 26.7 Å². The first-order chi connectivity index (χ1) is 14.4. The Balaban J connectivity index is 1.58. The number of amides is 2. The SMILES string of the molecule is COc1cccc(C(CNS(=O)(=O)c2ccc3c(c2)C(=O)NC3=O)N2CCCC2)c1. The summed E-state index contributed by atoms with van der Waals surface area (Å²) in [5, 5.41) is 2.17. The predicted molar refractivity (Wildman–Crippen MR) is 110 cm³/mol. The van der Waals surface area contributed by atoms with Crippen molar-refractivity contribution in [2.24, 2.45) is 0 Å². The van der Waals surface area contributed by atoms with Crippen LogP contribution in [0.25, 0.3) is 0 Å². The number of methoxy groups -OCH3 is 1. The number of nitrogens with zero attached hydrogens (tertiary/aromatic N) is 1. The number of hydrogen-bond donors (Lipinski definition) is 2. The number of likely N-dealkylation sites (tertiary alicyclic amines) is 1. The second-order valence-electron chi connectivity index (χ2n) is 7.38.